The van der Waals surface area contributed by atoms with Crippen molar-refractivity contribution in [1.82, 2.24) is 0 Å². The summed E-state index contributed by atoms with van der Waals surface area (Å²) in [6.07, 6.45) is 0.246. The second-order valence-corrected chi connectivity index (χ2v) is 4.09. The predicted octanol–water partition coefficient (Wildman–Crippen LogP) is 2.84. The maximum Gasteiger partial charge on any atom is 0.310 e. The minimum atomic E-state index is -0.293. The number of rotatable bonds is 4. The molecule has 0 atom stereocenters. The highest BCUT2D eigenvalue weighted by Crippen LogP contribution is 2.09. The second kappa shape index (κ2) is 6.36. The first-order valence-corrected chi connectivity index (χ1v) is 5.97. The molecule has 0 amide bonds. The van der Waals surface area contributed by atoms with Gasteiger partial charge in [0.05, 0.1) is 18.1 Å². The summed E-state index contributed by atoms with van der Waals surface area (Å²) in [6.45, 7) is 0.134. The van der Waals surface area contributed by atoms with E-state index in [0.717, 1.165) is 11.1 Å². The standard InChI is InChI=1S/C16H13NO2/c17-11-14-8-4-5-9-15(14)12-19-16(18)10-13-6-2-1-3-7-13/h1-9H,10,12H2. The summed E-state index contributed by atoms with van der Waals surface area (Å²) in [5.41, 5.74) is 2.18. The van der Waals surface area contributed by atoms with Crippen LogP contribution in [0.25, 0.3) is 0 Å². The van der Waals surface area contributed by atoms with Gasteiger partial charge in [0.2, 0.25) is 0 Å². The van der Waals surface area contributed by atoms with Crippen molar-refractivity contribution in [2.75, 3.05) is 0 Å². The molecule has 0 saturated carbocycles. The van der Waals surface area contributed by atoms with Gasteiger partial charge in [0, 0.05) is 5.56 Å². The van der Waals surface area contributed by atoms with E-state index in [4.69, 9.17) is 10.00 Å². The summed E-state index contributed by atoms with van der Waals surface area (Å²) < 4.78 is 5.18. The van der Waals surface area contributed by atoms with Gasteiger partial charge in [0.25, 0.3) is 0 Å². The van der Waals surface area contributed by atoms with Crippen LogP contribution in [-0.2, 0) is 22.6 Å². The maximum absolute atomic E-state index is 11.7. The van der Waals surface area contributed by atoms with Gasteiger partial charge in [-0.15, -0.1) is 0 Å². The number of hydrogen-bond donors (Lipinski definition) is 0. The summed E-state index contributed by atoms with van der Waals surface area (Å²) in [7, 11) is 0. The number of nitrogens with zero attached hydrogens (tertiary/aromatic N) is 1. The summed E-state index contributed by atoms with van der Waals surface area (Å²) in [5, 5.41) is 8.93. The molecule has 0 aliphatic heterocycles. The minimum absolute atomic E-state index is 0.134. The van der Waals surface area contributed by atoms with Gasteiger partial charge in [0.15, 0.2) is 0 Å². The summed E-state index contributed by atoms with van der Waals surface area (Å²) in [4.78, 5) is 11.7. The molecule has 0 aliphatic carbocycles. The summed E-state index contributed by atoms with van der Waals surface area (Å²) in [5.74, 6) is -0.293. The minimum Gasteiger partial charge on any atom is -0.461 e. The van der Waals surface area contributed by atoms with E-state index in [9.17, 15) is 4.79 Å². The van der Waals surface area contributed by atoms with Crippen molar-refractivity contribution in [3.8, 4) is 6.07 Å². The zero-order valence-corrected chi connectivity index (χ0v) is 10.4. The predicted molar refractivity (Wildman–Crippen MR) is 71.1 cm³/mol. The molecule has 2 aromatic carbocycles. The van der Waals surface area contributed by atoms with Gasteiger partial charge in [0.1, 0.15) is 6.61 Å². The number of carbonyl (C=O) groups is 1. The zero-order chi connectivity index (χ0) is 13.5. The average molecular weight is 251 g/mol. The lowest BCUT2D eigenvalue weighted by Gasteiger charge is -2.06. The Balaban J connectivity index is 1.92. The number of ether oxygens (including phenoxy) is 1. The first-order valence-electron chi connectivity index (χ1n) is 5.97. The molecular formula is C16H13NO2. The Bertz CT molecular complexity index is 600. The van der Waals surface area contributed by atoms with Gasteiger partial charge in [-0.3, -0.25) is 4.79 Å². The fraction of sp³-hybridized carbons (Fsp3) is 0.125. The Labute approximate surface area is 112 Å². The molecule has 2 aromatic rings. The van der Waals surface area contributed by atoms with E-state index in [0.29, 0.717) is 5.56 Å². The van der Waals surface area contributed by atoms with Gasteiger partial charge < -0.3 is 4.74 Å². The molecule has 0 spiro atoms. The van der Waals surface area contributed by atoms with E-state index in [2.05, 4.69) is 6.07 Å². The number of benzene rings is 2. The third-order valence-corrected chi connectivity index (χ3v) is 2.72. The molecule has 3 nitrogen and oxygen atoms in total. The van der Waals surface area contributed by atoms with Crippen LogP contribution >= 0.6 is 0 Å². The van der Waals surface area contributed by atoms with E-state index < -0.39 is 0 Å². The first-order chi connectivity index (χ1) is 9.29. The van der Waals surface area contributed by atoms with E-state index in [1.54, 1.807) is 18.2 Å². The lowest BCUT2D eigenvalue weighted by atomic mass is 10.1. The van der Waals surface area contributed by atoms with Gasteiger partial charge in [-0.05, 0) is 11.6 Å². The molecular weight excluding hydrogens is 238 g/mol. The fourth-order valence-electron chi connectivity index (χ4n) is 1.73. The molecule has 0 radical (unpaired) electrons. The van der Waals surface area contributed by atoms with Crippen molar-refractivity contribution in [2.45, 2.75) is 13.0 Å². The van der Waals surface area contributed by atoms with E-state index in [1.807, 2.05) is 36.4 Å². The van der Waals surface area contributed by atoms with Gasteiger partial charge in [-0.2, -0.15) is 5.26 Å². The Morgan fingerprint density at radius 3 is 2.47 bits per heavy atom. The Hall–Kier alpha value is -2.60. The van der Waals surface area contributed by atoms with Crippen LogP contribution in [0.5, 0.6) is 0 Å². The number of esters is 1. The second-order valence-electron chi connectivity index (χ2n) is 4.09. The number of hydrogen-bond acceptors (Lipinski definition) is 3. The van der Waals surface area contributed by atoms with E-state index in [1.165, 1.54) is 0 Å². The highest BCUT2D eigenvalue weighted by atomic mass is 16.5. The van der Waals surface area contributed by atoms with E-state index in [-0.39, 0.29) is 19.0 Å². The monoisotopic (exact) mass is 251 g/mol. The fourth-order valence-corrected chi connectivity index (χ4v) is 1.73. The molecule has 3 heteroatoms. The van der Waals surface area contributed by atoms with Crippen LogP contribution in [0.4, 0.5) is 0 Å². The van der Waals surface area contributed by atoms with Crippen LogP contribution in [0, 0.1) is 11.3 Å². The van der Waals surface area contributed by atoms with Crippen LogP contribution in [0.3, 0.4) is 0 Å². The van der Waals surface area contributed by atoms with Gasteiger partial charge in [-0.25, -0.2) is 0 Å². The molecule has 0 saturated heterocycles. The third-order valence-electron chi connectivity index (χ3n) is 2.72. The van der Waals surface area contributed by atoms with Crippen molar-refractivity contribution >= 4 is 5.97 Å². The molecule has 2 rings (SSSR count). The zero-order valence-electron chi connectivity index (χ0n) is 10.4. The van der Waals surface area contributed by atoms with Crippen molar-refractivity contribution < 1.29 is 9.53 Å². The molecule has 0 bridgehead atoms. The highest BCUT2D eigenvalue weighted by molar-refractivity contribution is 5.72. The van der Waals surface area contributed by atoms with E-state index >= 15 is 0 Å². The third kappa shape index (κ3) is 3.68. The van der Waals surface area contributed by atoms with Crippen molar-refractivity contribution in [1.29, 1.82) is 5.26 Å². The smallest absolute Gasteiger partial charge is 0.310 e. The summed E-state index contributed by atoms with van der Waals surface area (Å²) in [6, 6.07) is 18.6. The Kier molecular flexibility index (Phi) is 4.30. The topological polar surface area (TPSA) is 50.1 Å². The quantitative estimate of drug-likeness (QED) is 0.785. The molecule has 0 unspecified atom stereocenters. The lowest BCUT2D eigenvalue weighted by molar-refractivity contribution is -0.144. The SMILES string of the molecule is N#Cc1ccccc1COC(=O)Cc1ccccc1. The molecule has 0 fully saturated rings. The molecule has 0 aliphatic rings. The Morgan fingerprint density at radius 1 is 1.05 bits per heavy atom. The van der Waals surface area contributed by atoms with Crippen LogP contribution in [0.1, 0.15) is 16.7 Å². The maximum atomic E-state index is 11.7. The van der Waals surface area contributed by atoms with Crippen molar-refractivity contribution in [3.63, 3.8) is 0 Å². The first kappa shape index (κ1) is 12.8. The molecule has 94 valence electrons. The van der Waals surface area contributed by atoms with Crippen LogP contribution in [0.2, 0.25) is 0 Å². The largest absolute Gasteiger partial charge is 0.461 e. The number of nitriles is 1. The average Bonchev–Trinajstić information content (AvgIpc) is 2.46. The van der Waals surface area contributed by atoms with Crippen LogP contribution < -0.4 is 0 Å². The van der Waals surface area contributed by atoms with Gasteiger partial charge in [-0.1, -0.05) is 48.5 Å². The molecule has 0 N–H and O–H groups in total. The van der Waals surface area contributed by atoms with Crippen molar-refractivity contribution in [3.05, 3.63) is 71.3 Å². The lowest BCUT2D eigenvalue weighted by Crippen LogP contribution is -2.08. The van der Waals surface area contributed by atoms with Crippen molar-refractivity contribution in [2.24, 2.45) is 0 Å². The number of carbonyl (C=O) groups excluding carboxylic acids is 1. The van der Waals surface area contributed by atoms with Crippen LogP contribution in [-0.4, -0.2) is 5.97 Å². The summed E-state index contributed by atoms with van der Waals surface area (Å²) >= 11 is 0. The van der Waals surface area contributed by atoms with Gasteiger partial charge >= 0.3 is 5.97 Å². The molecule has 0 heterocycles. The normalized spacial score (nSPS) is 9.63. The van der Waals surface area contributed by atoms with Crippen LogP contribution in [0.15, 0.2) is 54.6 Å². The molecule has 0 aromatic heterocycles. The highest BCUT2D eigenvalue weighted by Gasteiger charge is 2.07. The molecule has 19 heavy (non-hydrogen) atoms. The Morgan fingerprint density at radius 2 is 1.74 bits per heavy atom.